The lowest BCUT2D eigenvalue weighted by molar-refractivity contribution is -0.111. The van der Waals surface area contributed by atoms with Crippen LogP contribution in [0.5, 0.6) is 0 Å². The number of para-hydroxylation sites is 2. The van der Waals surface area contributed by atoms with E-state index in [4.69, 9.17) is 4.84 Å². The molecule has 1 heterocycles. The second kappa shape index (κ2) is 6.02. The SMILES string of the molecule is CCC(C)ON=C1C(=O)N(c2ccccc2)c2ccccc21. The van der Waals surface area contributed by atoms with Crippen LogP contribution in [0.15, 0.2) is 59.8 Å². The molecule has 0 aliphatic carbocycles. The van der Waals surface area contributed by atoms with E-state index in [1.54, 1.807) is 4.90 Å². The summed E-state index contributed by atoms with van der Waals surface area (Å²) >= 11 is 0. The van der Waals surface area contributed by atoms with E-state index < -0.39 is 0 Å². The zero-order chi connectivity index (χ0) is 15.5. The predicted octanol–water partition coefficient (Wildman–Crippen LogP) is 3.88. The molecule has 1 unspecified atom stereocenters. The van der Waals surface area contributed by atoms with Gasteiger partial charge < -0.3 is 4.84 Å². The Balaban J connectivity index is 2.04. The van der Waals surface area contributed by atoms with E-state index in [0.29, 0.717) is 5.71 Å². The molecule has 0 bridgehead atoms. The van der Waals surface area contributed by atoms with Crippen LogP contribution in [0.3, 0.4) is 0 Å². The lowest BCUT2D eigenvalue weighted by Crippen LogP contribution is -2.25. The fraction of sp³-hybridized carbons (Fsp3) is 0.222. The number of fused-ring (bicyclic) bond motifs is 1. The highest BCUT2D eigenvalue weighted by Gasteiger charge is 2.35. The monoisotopic (exact) mass is 294 g/mol. The van der Waals surface area contributed by atoms with Crippen molar-refractivity contribution in [2.45, 2.75) is 26.4 Å². The number of carbonyl (C=O) groups excluding carboxylic acids is 1. The number of hydrogen-bond donors (Lipinski definition) is 0. The largest absolute Gasteiger partial charge is 0.392 e. The molecule has 1 aliphatic heterocycles. The van der Waals surface area contributed by atoms with Gasteiger partial charge in [-0.05, 0) is 31.5 Å². The Hall–Kier alpha value is -2.62. The van der Waals surface area contributed by atoms with Crippen LogP contribution < -0.4 is 4.90 Å². The number of oxime groups is 1. The van der Waals surface area contributed by atoms with Crippen molar-refractivity contribution in [3.05, 3.63) is 60.2 Å². The van der Waals surface area contributed by atoms with Crippen LogP contribution in [0.4, 0.5) is 11.4 Å². The molecule has 2 aromatic rings. The van der Waals surface area contributed by atoms with Gasteiger partial charge in [-0.2, -0.15) is 0 Å². The fourth-order valence-electron chi connectivity index (χ4n) is 2.34. The Morgan fingerprint density at radius 1 is 1.09 bits per heavy atom. The predicted molar refractivity (Wildman–Crippen MR) is 87.4 cm³/mol. The van der Waals surface area contributed by atoms with E-state index in [0.717, 1.165) is 23.4 Å². The van der Waals surface area contributed by atoms with E-state index in [-0.39, 0.29) is 12.0 Å². The molecule has 0 N–H and O–H groups in total. The minimum atomic E-state index is -0.157. The molecule has 1 atom stereocenters. The molecule has 0 radical (unpaired) electrons. The molecule has 0 aromatic heterocycles. The van der Waals surface area contributed by atoms with Gasteiger partial charge in [-0.15, -0.1) is 0 Å². The van der Waals surface area contributed by atoms with E-state index in [2.05, 4.69) is 5.16 Å². The molecule has 112 valence electrons. The van der Waals surface area contributed by atoms with Gasteiger partial charge in [0, 0.05) is 11.3 Å². The lowest BCUT2D eigenvalue weighted by Gasteiger charge is -2.16. The Kier molecular flexibility index (Phi) is 3.92. The first kappa shape index (κ1) is 14.3. The molecule has 4 nitrogen and oxygen atoms in total. The number of anilines is 2. The van der Waals surface area contributed by atoms with Crippen molar-refractivity contribution in [1.82, 2.24) is 0 Å². The average Bonchev–Trinajstić information content (AvgIpc) is 2.85. The molecule has 0 saturated carbocycles. The van der Waals surface area contributed by atoms with Crippen LogP contribution in [0.2, 0.25) is 0 Å². The summed E-state index contributed by atoms with van der Waals surface area (Å²) in [5.41, 5.74) is 2.83. The fourth-order valence-corrected chi connectivity index (χ4v) is 2.34. The zero-order valence-corrected chi connectivity index (χ0v) is 12.7. The third-order valence-electron chi connectivity index (χ3n) is 3.72. The lowest BCUT2D eigenvalue weighted by atomic mass is 10.1. The molecule has 0 fully saturated rings. The van der Waals surface area contributed by atoms with Crippen molar-refractivity contribution < 1.29 is 9.63 Å². The quantitative estimate of drug-likeness (QED) is 0.803. The molecule has 4 heteroatoms. The van der Waals surface area contributed by atoms with Crippen molar-refractivity contribution in [2.75, 3.05) is 4.90 Å². The molecule has 2 aromatic carbocycles. The number of hydrogen-bond acceptors (Lipinski definition) is 3. The van der Waals surface area contributed by atoms with Gasteiger partial charge in [0.15, 0.2) is 5.71 Å². The summed E-state index contributed by atoms with van der Waals surface area (Å²) in [6.07, 6.45) is 0.827. The minimum absolute atomic E-state index is 0.0155. The Bertz CT molecular complexity index is 710. The molecule has 1 amide bonds. The smallest absolute Gasteiger partial charge is 0.285 e. The van der Waals surface area contributed by atoms with Crippen molar-refractivity contribution in [1.29, 1.82) is 0 Å². The van der Waals surface area contributed by atoms with Gasteiger partial charge in [-0.25, -0.2) is 0 Å². The van der Waals surface area contributed by atoms with Crippen LogP contribution in [-0.2, 0) is 9.63 Å². The number of benzene rings is 2. The molecule has 0 saturated heterocycles. The first-order valence-electron chi connectivity index (χ1n) is 7.45. The second-order valence-electron chi connectivity index (χ2n) is 5.26. The van der Waals surface area contributed by atoms with E-state index in [9.17, 15) is 4.79 Å². The molecule has 0 spiro atoms. The normalized spacial score (nSPS) is 16.7. The highest BCUT2D eigenvalue weighted by atomic mass is 16.6. The van der Waals surface area contributed by atoms with Crippen LogP contribution in [-0.4, -0.2) is 17.7 Å². The van der Waals surface area contributed by atoms with E-state index in [1.165, 1.54) is 0 Å². The van der Waals surface area contributed by atoms with Crippen LogP contribution >= 0.6 is 0 Å². The van der Waals surface area contributed by atoms with Gasteiger partial charge in [0.1, 0.15) is 6.10 Å². The summed E-state index contributed by atoms with van der Waals surface area (Å²) < 4.78 is 0. The van der Waals surface area contributed by atoms with Gasteiger partial charge in [-0.1, -0.05) is 48.5 Å². The van der Waals surface area contributed by atoms with Crippen molar-refractivity contribution in [3.8, 4) is 0 Å². The number of amides is 1. The van der Waals surface area contributed by atoms with Crippen LogP contribution in [0.25, 0.3) is 0 Å². The van der Waals surface area contributed by atoms with E-state index in [1.807, 2.05) is 68.4 Å². The Morgan fingerprint density at radius 2 is 1.77 bits per heavy atom. The first-order valence-corrected chi connectivity index (χ1v) is 7.45. The number of rotatable bonds is 4. The molecule has 22 heavy (non-hydrogen) atoms. The summed E-state index contributed by atoms with van der Waals surface area (Å²) in [5.74, 6) is -0.157. The number of nitrogens with zero attached hydrogens (tertiary/aromatic N) is 2. The third-order valence-corrected chi connectivity index (χ3v) is 3.72. The van der Waals surface area contributed by atoms with Crippen molar-refractivity contribution in [2.24, 2.45) is 5.16 Å². The molecule has 1 aliphatic rings. The van der Waals surface area contributed by atoms with Crippen molar-refractivity contribution in [3.63, 3.8) is 0 Å². The molecular weight excluding hydrogens is 276 g/mol. The summed E-state index contributed by atoms with van der Waals surface area (Å²) in [4.78, 5) is 19.9. The standard InChI is InChI=1S/C18H18N2O2/c1-3-13(2)22-19-17-15-11-7-8-12-16(15)20(18(17)21)14-9-5-4-6-10-14/h4-13H,3H2,1-2H3. The van der Waals surface area contributed by atoms with Crippen molar-refractivity contribution >= 4 is 23.0 Å². The highest BCUT2D eigenvalue weighted by Crippen LogP contribution is 2.35. The first-order chi connectivity index (χ1) is 10.7. The number of carbonyl (C=O) groups is 1. The maximum atomic E-state index is 12.8. The maximum absolute atomic E-state index is 12.8. The molecule has 3 rings (SSSR count). The van der Waals surface area contributed by atoms with Crippen LogP contribution in [0.1, 0.15) is 25.8 Å². The third kappa shape index (κ3) is 2.48. The van der Waals surface area contributed by atoms with Crippen LogP contribution in [0, 0.1) is 0 Å². The highest BCUT2D eigenvalue weighted by molar-refractivity contribution is 6.55. The zero-order valence-electron chi connectivity index (χ0n) is 12.7. The average molecular weight is 294 g/mol. The summed E-state index contributed by atoms with van der Waals surface area (Å²) in [5, 5.41) is 4.12. The maximum Gasteiger partial charge on any atom is 0.285 e. The van der Waals surface area contributed by atoms with Gasteiger partial charge in [0.05, 0.1) is 5.69 Å². The van der Waals surface area contributed by atoms with E-state index >= 15 is 0 Å². The summed E-state index contributed by atoms with van der Waals surface area (Å²) in [7, 11) is 0. The van der Waals surface area contributed by atoms with Gasteiger partial charge >= 0.3 is 0 Å². The summed E-state index contributed by atoms with van der Waals surface area (Å²) in [6, 6.07) is 17.2. The minimum Gasteiger partial charge on any atom is -0.392 e. The topological polar surface area (TPSA) is 41.9 Å². The van der Waals surface area contributed by atoms with Gasteiger partial charge in [0.2, 0.25) is 0 Å². The molecular formula is C18H18N2O2. The summed E-state index contributed by atoms with van der Waals surface area (Å²) in [6.45, 7) is 3.95. The Morgan fingerprint density at radius 3 is 2.50 bits per heavy atom. The van der Waals surface area contributed by atoms with Gasteiger partial charge in [-0.3, -0.25) is 9.69 Å². The Labute approximate surface area is 130 Å². The second-order valence-corrected chi connectivity index (χ2v) is 5.26. The van der Waals surface area contributed by atoms with Gasteiger partial charge in [0.25, 0.3) is 5.91 Å².